The highest BCUT2D eigenvalue weighted by molar-refractivity contribution is 7.17. The molecule has 0 spiro atoms. The third kappa shape index (κ3) is 5.80. The van der Waals surface area contributed by atoms with E-state index in [4.69, 9.17) is 26.1 Å². The van der Waals surface area contributed by atoms with Crippen molar-refractivity contribution in [3.63, 3.8) is 0 Å². The van der Waals surface area contributed by atoms with E-state index >= 15 is 0 Å². The fourth-order valence-electron chi connectivity index (χ4n) is 4.19. The second-order valence-electron chi connectivity index (χ2n) is 8.63. The molecule has 4 heterocycles. The zero-order chi connectivity index (χ0) is 27.2. The zero-order valence-corrected chi connectivity index (χ0v) is 22.9. The quantitative estimate of drug-likeness (QED) is 0.375. The highest BCUT2D eigenvalue weighted by Gasteiger charge is 2.35. The second kappa shape index (κ2) is 12.3. The number of aromatic amines is 1. The molecular formula is C25H28ClN7O4S. The van der Waals surface area contributed by atoms with Gasteiger partial charge in [0.05, 0.1) is 30.0 Å². The number of nitrogens with one attached hydrogen (secondary N) is 2. The molecule has 0 saturated carbocycles. The molecule has 3 aromatic heterocycles. The van der Waals surface area contributed by atoms with E-state index in [2.05, 4.69) is 20.3 Å². The smallest absolute Gasteiger partial charge is 0.350 e. The molecule has 1 fully saturated rings. The fourth-order valence-corrected chi connectivity index (χ4v) is 5.37. The normalized spacial score (nSPS) is 17.2. The fraction of sp³-hybridized carbons (Fsp3) is 0.440. The number of rotatable bonds is 9. The predicted molar refractivity (Wildman–Crippen MR) is 142 cm³/mol. The maximum absolute atomic E-state index is 13.1. The van der Waals surface area contributed by atoms with Gasteiger partial charge >= 0.3 is 5.97 Å². The lowest BCUT2D eigenvalue weighted by molar-refractivity contribution is 0.0205. The first-order valence-corrected chi connectivity index (χ1v) is 13.5. The maximum atomic E-state index is 13.1. The van der Waals surface area contributed by atoms with Crippen molar-refractivity contribution in [2.75, 3.05) is 31.2 Å². The van der Waals surface area contributed by atoms with Crippen LogP contribution in [0.3, 0.4) is 0 Å². The highest BCUT2D eigenvalue weighted by atomic mass is 35.5. The maximum Gasteiger partial charge on any atom is 0.350 e. The lowest BCUT2D eigenvalue weighted by Gasteiger charge is -2.38. The average molecular weight is 558 g/mol. The monoisotopic (exact) mass is 557 g/mol. The van der Waals surface area contributed by atoms with Gasteiger partial charge in [0.25, 0.3) is 5.91 Å². The van der Waals surface area contributed by atoms with Crippen molar-refractivity contribution < 1.29 is 19.1 Å². The highest BCUT2D eigenvalue weighted by Crippen LogP contribution is 2.34. The standard InChI is InChI=1S/C25H28ClN7O4S/c1-4-10-37-18-13-33(9-6-16(18)31-23(34)20-15(11-27)19(26)14(3)30-20)25-32-21(17-12-28-7-8-29-17)22(38-25)24(35)36-5-2/h7-8,12,16,18,30H,4-6,9-10,13H2,1-3H3,(H,31,34)/t16-,18+/m1/s1. The van der Waals surface area contributed by atoms with Gasteiger partial charge in [0, 0.05) is 37.8 Å². The van der Waals surface area contributed by atoms with Crippen molar-refractivity contribution >= 4 is 39.9 Å². The molecular weight excluding hydrogens is 530 g/mol. The number of hydrogen-bond acceptors (Lipinski definition) is 10. The Kier molecular flexibility index (Phi) is 8.93. The van der Waals surface area contributed by atoms with Gasteiger partial charge in [-0.2, -0.15) is 5.26 Å². The van der Waals surface area contributed by atoms with Gasteiger partial charge in [-0.15, -0.1) is 0 Å². The number of amides is 1. The first-order valence-electron chi connectivity index (χ1n) is 12.3. The van der Waals surface area contributed by atoms with Crippen LogP contribution in [0.15, 0.2) is 18.6 Å². The number of aromatic nitrogens is 4. The molecule has 1 amide bonds. The summed E-state index contributed by atoms with van der Waals surface area (Å²) in [5, 5.41) is 13.3. The third-order valence-electron chi connectivity index (χ3n) is 6.01. The van der Waals surface area contributed by atoms with Crippen molar-refractivity contribution in [2.24, 2.45) is 0 Å². The average Bonchev–Trinajstić information content (AvgIpc) is 3.50. The van der Waals surface area contributed by atoms with Gasteiger partial charge < -0.3 is 24.7 Å². The summed E-state index contributed by atoms with van der Waals surface area (Å²) in [5.41, 5.74) is 1.71. The van der Waals surface area contributed by atoms with E-state index in [1.54, 1.807) is 32.4 Å². The SMILES string of the molecule is CCCO[C@H]1CN(c2nc(-c3cnccn3)c(C(=O)OCC)s2)CC[C@H]1NC(=O)c1[nH]c(C)c(Cl)c1C#N. The van der Waals surface area contributed by atoms with Crippen LogP contribution in [0.1, 0.15) is 58.1 Å². The summed E-state index contributed by atoms with van der Waals surface area (Å²) in [4.78, 5) is 44.2. The Morgan fingerprint density at radius 3 is 2.87 bits per heavy atom. The topological polar surface area (TPSA) is 146 Å². The Labute approximate surface area is 229 Å². The molecule has 0 aromatic carbocycles. The molecule has 0 aliphatic carbocycles. The van der Waals surface area contributed by atoms with E-state index in [0.29, 0.717) is 53.2 Å². The van der Waals surface area contributed by atoms with Crippen LogP contribution in [0.2, 0.25) is 5.02 Å². The summed E-state index contributed by atoms with van der Waals surface area (Å²) in [5.74, 6) is -0.880. The lowest BCUT2D eigenvalue weighted by Crippen LogP contribution is -2.55. The van der Waals surface area contributed by atoms with Crippen molar-refractivity contribution in [1.29, 1.82) is 5.26 Å². The molecule has 4 rings (SSSR count). The van der Waals surface area contributed by atoms with Crippen LogP contribution >= 0.6 is 22.9 Å². The molecule has 200 valence electrons. The molecule has 3 aromatic rings. The van der Waals surface area contributed by atoms with Crippen LogP contribution < -0.4 is 10.2 Å². The van der Waals surface area contributed by atoms with Gasteiger partial charge in [-0.05, 0) is 26.7 Å². The Balaban J connectivity index is 1.57. The van der Waals surface area contributed by atoms with Crippen LogP contribution in [0.25, 0.3) is 11.4 Å². The first kappa shape index (κ1) is 27.5. The summed E-state index contributed by atoms with van der Waals surface area (Å²) in [6.07, 6.45) is 5.67. The number of nitrogens with zero attached hydrogens (tertiary/aromatic N) is 5. The van der Waals surface area contributed by atoms with Gasteiger partial charge in [-0.3, -0.25) is 14.8 Å². The molecule has 1 aliphatic heterocycles. The van der Waals surface area contributed by atoms with E-state index < -0.39 is 11.9 Å². The molecule has 0 unspecified atom stereocenters. The van der Waals surface area contributed by atoms with E-state index in [0.717, 1.165) is 6.42 Å². The summed E-state index contributed by atoms with van der Waals surface area (Å²) in [6.45, 7) is 7.22. The molecule has 11 nitrogen and oxygen atoms in total. The van der Waals surface area contributed by atoms with Crippen molar-refractivity contribution in [1.82, 2.24) is 25.3 Å². The van der Waals surface area contributed by atoms with Gasteiger partial charge in [0.2, 0.25) is 0 Å². The minimum absolute atomic E-state index is 0.121. The van der Waals surface area contributed by atoms with Crippen LogP contribution in [-0.2, 0) is 9.47 Å². The number of nitriles is 1. The number of aryl methyl sites for hydroxylation is 1. The van der Waals surface area contributed by atoms with Gasteiger partial charge in [-0.1, -0.05) is 29.9 Å². The summed E-state index contributed by atoms with van der Waals surface area (Å²) in [6, 6.07) is 1.70. The molecule has 2 atom stereocenters. The zero-order valence-electron chi connectivity index (χ0n) is 21.3. The van der Waals surface area contributed by atoms with Crippen LogP contribution in [0, 0.1) is 18.3 Å². The minimum atomic E-state index is -0.467. The summed E-state index contributed by atoms with van der Waals surface area (Å²) < 4.78 is 11.4. The second-order valence-corrected chi connectivity index (χ2v) is 9.99. The van der Waals surface area contributed by atoms with E-state index in [1.165, 1.54) is 11.3 Å². The predicted octanol–water partition coefficient (Wildman–Crippen LogP) is 3.74. The minimum Gasteiger partial charge on any atom is -0.462 e. The Bertz CT molecular complexity index is 1340. The molecule has 13 heteroatoms. The van der Waals surface area contributed by atoms with Crippen LogP contribution in [0.4, 0.5) is 5.13 Å². The third-order valence-corrected chi connectivity index (χ3v) is 7.58. The van der Waals surface area contributed by atoms with Crippen molar-refractivity contribution in [3.05, 3.63) is 45.4 Å². The summed E-state index contributed by atoms with van der Waals surface area (Å²) in [7, 11) is 0. The number of H-pyrrole nitrogens is 1. The van der Waals surface area contributed by atoms with Gasteiger partial charge in [-0.25, -0.2) is 9.78 Å². The van der Waals surface area contributed by atoms with Gasteiger partial charge in [0.15, 0.2) is 5.13 Å². The molecule has 1 saturated heterocycles. The Morgan fingerprint density at radius 1 is 1.37 bits per heavy atom. The van der Waals surface area contributed by atoms with Crippen molar-refractivity contribution in [3.8, 4) is 17.5 Å². The number of thiazole rings is 1. The summed E-state index contributed by atoms with van der Waals surface area (Å²) >= 11 is 7.40. The lowest BCUT2D eigenvalue weighted by atomic mass is 10.0. The Morgan fingerprint density at radius 2 is 2.18 bits per heavy atom. The number of piperidine rings is 1. The number of esters is 1. The van der Waals surface area contributed by atoms with Crippen LogP contribution in [0.5, 0.6) is 0 Å². The van der Waals surface area contributed by atoms with E-state index in [1.807, 2.05) is 17.9 Å². The largest absolute Gasteiger partial charge is 0.462 e. The molecule has 38 heavy (non-hydrogen) atoms. The van der Waals surface area contributed by atoms with E-state index in [9.17, 15) is 14.9 Å². The number of halogens is 1. The number of carbonyl (C=O) groups excluding carboxylic acids is 2. The molecule has 2 N–H and O–H groups in total. The number of anilines is 1. The van der Waals surface area contributed by atoms with Gasteiger partial charge in [0.1, 0.15) is 33.6 Å². The molecule has 1 aliphatic rings. The number of ether oxygens (including phenoxy) is 2. The van der Waals surface area contributed by atoms with Crippen LogP contribution in [-0.4, -0.2) is 70.3 Å². The molecule has 0 radical (unpaired) electrons. The molecule has 0 bridgehead atoms. The number of hydrogen-bond donors (Lipinski definition) is 2. The van der Waals surface area contributed by atoms with Crippen molar-refractivity contribution in [2.45, 2.75) is 45.8 Å². The van der Waals surface area contributed by atoms with E-state index in [-0.39, 0.29) is 35.0 Å². The number of carbonyl (C=O) groups is 2. The Hall–Kier alpha value is -3.53. The first-order chi connectivity index (χ1) is 18.4.